The minimum atomic E-state index is -2.85. The van der Waals surface area contributed by atoms with Crippen LogP contribution in [0.2, 0.25) is 0 Å². The summed E-state index contributed by atoms with van der Waals surface area (Å²) in [6.45, 7) is 1.81. The highest BCUT2D eigenvalue weighted by Crippen LogP contribution is 2.25. The van der Waals surface area contributed by atoms with Crippen LogP contribution < -0.4 is 0 Å². The van der Waals surface area contributed by atoms with E-state index in [1.54, 1.807) is 0 Å². The molecule has 2 heterocycles. The lowest BCUT2D eigenvalue weighted by Gasteiger charge is -2.07. The van der Waals surface area contributed by atoms with Gasteiger partial charge in [-0.1, -0.05) is 11.8 Å². The Morgan fingerprint density at radius 1 is 1.58 bits per heavy atom. The average Bonchev–Trinajstić information content (AvgIpc) is 2.86. The lowest BCUT2D eigenvalue weighted by Crippen LogP contribution is -2.11. The first-order chi connectivity index (χ1) is 8.91. The lowest BCUT2D eigenvalue weighted by molar-refractivity contribution is 0.552. The summed E-state index contributed by atoms with van der Waals surface area (Å²) in [5.41, 5.74) is 0. The van der Waals surface area contributed by atoms with E-state index in [-0.39, 0.29) is 22.7 Å². The molecule has 104 valence electrons. The zero-order chi connectivity index (χ0) is 14.0. The molecule has 0 radical (unpaired) electrons. The third kappa shape index (κ3) is 3.48. The molecule has 0 unspecified atom stereocenters. The zero-order valence-electron chi connectivity index (χ0n) is 10.9. The molecule has 8 heteroatoms. The monoisotopic (exact) mass is 300 g/mol. The van der Waals surface area contributed by atoms with Crippen LogP contribution in [0.25, 0.3) is 0 Å². The van der Waals surface area contributed by atoms with Crippen LogP contribution >= 0.6 is 11.8 Å². The largest absolute Gasteiger partial charge is 0.309 e. The first-order valence-electron chi connectivity index (χ1n) is 6.06. The number of hydrogen-bond donors (Lipinski definition) is 0. The van der Waals surface area contributed by atoms with E-state index in [9.17, 15) is 8.42 Å². The predicted octanol–water partition coefficient (Wildman–Crippen LogP) is 0.796. The molecule has 1 aliphatic rings. The summed E-state index contributed by atoms with van der Waals surface area (Å²) in [5, 5.41) is 17.5. The van der Waals surface area contributed by atoms with Crippen LogP contribution in [0.3, 0.4) is 0 Å². The summed E-state index contributed by atoms with van der Waals surface area (Å²) < 4.78 is 24.7. The quantitative estimate of drug-likeness (QED) is 0.764. The third-order valence-electron chi connectivity index (χ3n) is 3.19. The van der Waals surface area contributed by atoms with Gasteiger partial charge in [-0.25, -0.2) is 8.42 Å². The van der Waals surface area contributed by atoms with Gasteiger partial charge in [-0.15, -0.1) is 10.2 Å². The third-order valence-corrected chi connectivity index (χ3v) is 6.05. The van der Waals surface area contributed by atoms with Gasteiger partial charge in [-0.3, -0.25) is 0 Å². The lowest BCUT2D eigenvalue weighted by atomic mass is 10.1. The van der Waals surface area contributed by atoms with Crippen molar-refractivity contribution < 1.29 is 8.42 Å². The SMILES string of the molecule is C[C@@H](C#N)Sc1nnc(C[C@H]2CCS(=O)(=O)C2)n1C. The van der Waals surface area contributed by atoms with Crippen molar-refractivity contribution in [1.82, 2.24) is 14.8 Å². The van der Waals surface area contributed by atoms with Gasteiger partial charge in [-0.05, 0) is 19.3 Å². The number of sulfone groups is 1. The van der Waals surface area contributed by atoms with Crippen LogP contribution in [0, 0.1) is 17.2 Å². The van der Waals surface area contributed by atoms with E-state index in [0.29, 0.717) is 18.0 Å². The molecule has 0 N–H and O–H groups in total. The maximum absolute atomic E-state index is 11.4. The normalized spacial score (nSPS) is 23.1. The minimum absolute atomic E-state index is 0.138. The smallest absolute Gasteiger partial charge is 0.192 e. The van der Waals surface area contributed by atoms with E-state index in [2.05, 4.69) is 16.3 Å². The molecule has 2 rings (SSSR count). The summed E-state index contributed by atoms with van der Waals surface area (Å²) in [5.74, 6) is 1.45. The number of hydrogen-bond acceptors (Lipinski definition) is 6. The Labute approximate surface area is 117 Å². The molecule has 0 saturated carbocycles. The predicted molar refractivity (Wildman–Crippen MR) is 72.4 cm³/mol. The molecule has 0 spiro atoms. The minimum Gasteiger partial charge on any atom is -0.309 e. The summed E-state index contributed by atoms with van der Waals surface area (Å²) in [4.78, 5) is 0. The molecular weight excluding hydrogens is 284 g/mol. The van der Waals surface area contributed by atoms with Crippen LogP contribution in [0.5, 0.6) is 0 Å². The van der Waals surface area contributed by atoms with Crippen LogP contribution in [0.4, 0.5) is 0 Å². The fourth-order valence-electron chi connectivity index (χ4n) is 2.10. The number of nitrogens with zero attached hydrogens (tertiary/aromatic N) is 4. The molecular formula is C11H16N4O2S2. The standard InChI is InChI=1S/C11H16N4O2S2/c1-8(6-12)18-11-14-13-10(15(11)2)5-9-3-4-19(16,17)7-9/h8-9H,3-5,7H2,1-2H3/t8-,9+/m0/s1. The average molecular weight is 300 g/mol. The molecule has 1 saturated heterocycles. The Kier molecular flexibility index (Phi) is 4.16. The summed E-state index contributed by atoms with van der Waals surface area (Å²) in [7, 11) is -0.998. The Balaban J connectivity index is 2.05. The molecule has 0 amide bonds. The number of nitriles is 1. The molecule has 1 aliphatic heterocycles. The van der Waals surface area contributed by atoms with Gasteiger partial charge in [0.25, 0.3) is 0 Å². The van der Waals surface area contributed by atoms with E-state index < -0.39 is 9.84 Å². The van der Waals surface area contributed by atoms with Gasteiger partial charge in [0, 0.05) is 13.5 Å². The van der Waals surface area contributed by atoms with Gasteiger partial charge in [-0.2, -0.15) is 5.26 Å². The van der Waals surface area contributed by atoms with Crippen molar-refractivity contribution >= 4 is 21.6 Å². The van der Waals surface area contributed by atoms with Gasteiger partial charge in [0.15, 0.2) is 15.0 Å². The molecule has 0 aromatic carbocycles. The second-order valence-electron chi connectivity index (χ2n) is 4.82. The summed E-state index contributed by atoms with van der Waals surface area (Å²) in [6, 6.07) is 2.14. The number of thioether (sulfide) groups is 1. The van der Waals surface area contributed by atoms with E-state index in [0.717, 1.165) is 5.82 Å². The highest BCUT2D eigenvalue weighted by Gasteiger charge is 2.29. The van der Waals surface area contributed by atoms with Crippen molar-refractivity contribution in [2.24, 2.45) is 13.0 Å². The van der Waals surface area contributed by atoms with E-state index in [4.69, 9.17) is 5.26 Å². The van der Waals surface area contributed by atoms with Crippen molar-refractivity contribution in [3.05, 3.63) is 5.82 Å². The van der Waals surface area contributed by atoms with Crippen LogP contribution in [0.15, 0.2) is 5.16 Å². The zero-order valence-corrected chi connectivity index (χ0v) is 12.5. The van der Waals surface area contributed by atoms with E-state index >= 15 is 0 Å². The molecule has 1 aromatic rings. The van der Waals surface area contributed by atoms with Gasteiger partial charge in [0.05, 0.1) is 22.8 Å². The molecule has 0 aliphatic carbocycles. The highest BCUT2D eigenvalue weighted by atomic mass is 32.2. The topological polar surface area (TPSA) is 88.6 Å². The number of rotatable bonds is 4. The fourth-order valence-corrected chi connectivity index (χ4v) is 4.68. The summed E-state index contributed by atoms with van der Waals surface area (Å²) in [6.07, 6.45) is 1.33. The Morgan fingerprint density at radius 3 is 2.89 bits per heavy atom. The first kappa shape index (κ1) is 14.3. The van der Waals surface area contributed by atoms with E-state index in [1.807, 2.05) is 18.5 Å². The molecule has 19 heavy (non-hydrogen) atoms. The van der Waals surface area contributed by atoms with Crippen molar-refractivity contribution in [2.75, 3.05) is 11.5 Å². The molecule has 2 atom stereocenters. The molecule has 1 aromatic heterocycles. The molecule has 6 nitrogen and oxygen atoms in total. The van der Waals surface area contributed by atoms with Crippen molar-refractivity contribution in [2.45, 2.75) is 30.2 Å². The van der Waals surface area contributed by atoms with E-state index in [1.165, 1.54) is 11.8 Å². The van der Waals surface area contributed by atoms with Crippen molar-refractivity contribution in [3.63, 3.8) is 0 Å². The van der Waals surface area contributed by atoms with Gasteiger partial charge < -0.3 is 4.57 Å². The Hall–Kier alpha value is -1.07. The van der Waals surface area contributed by atoms with Crippen molar-refractivity contribution in [3.8, 4) is 6.07 Å². The highest BCUT2D eigenvalue weighted by molar-refractivity contribution is 8.00. The number of aromatic nitrogens is 3. The summed E-state index contributed by atoms with van der Waals surface area (Å²) >= 11 is 1.36. The maximum Gasteiger partial charge on any atom is 0.192 e. The van der Waals surface area contributed by atoms with Crippen LogP contribution in [0.1, 0.15) is 19.2 Å². The Morgan fingerprint density at radius 2 is 2.32 bits per heavy atom. The second kappa shape index (κ2) is 5.51. The molecule has 1 fully saturated rings. The second-order valence-corrected chi connectivity index (χ2v) is 8.36. The fraction of sp³-hybridized carbons (Fsp3) is 0.727. The van der Waals surface area contributed by atoms with Crippen molar-refractivity contribution in [1.29, 1.82) is 5.26 Å². The van der Waals surface area contributed by atoms with Gasteiger partial charge in [0.1, 0.15) is 5.82 Å². The Bertz CT molecular complexity index is 603. The van der Waals surface area contributed by atoms with Crippen LogP contribution in [-0.2, 0) is 23.3 Å². The first-order valence-corrected chi connectivity index (χ1v) is 8.76. The van der Waals surface area contributed by atoms with Gasteiger partial charge in [0.2, 0.25) is 0 Å². The van der Waals surface area contributed by atoms with Crippen LogP contribution in [-0.4, -0.2) is 39.9 Å². The maximum atomic E-state index is 11.4. The van der Waals surface area contributed by atoms with Gasteiger partial charge >= 0.3 is 0 Å². The molecule has 0 bridgehead atoms.